The van der Waals surface area contributed by atoms with Crippen molar-refractivity contribution in [3.8, 4) is 28.3 Å². The van der Waals surface area contributed by atoms with Crippen LogP contribution in [0.15, 0.2) is 60.7 Å². The van der Waals surface area contributed by atoms with Gasteiger partial charge in [-0.25, -0.2) is 0 Å². The number of hydrogen-bond donors (Lipinski definition) is 1. The number of benzene rings is 3. The highest BCUT2D eigenvalue weighted by molar-refractivity contribution is 5.95. The van der Waals surface area contributed by atoms with E-state index in [0.29, 0.717) is 22.3 Å². The summed E-state index contributed by atoms with van der Waals surface area (Å²) in [7, 11) is 0. The van der Waals surface area contributed by atoms with Gasteiger partial charge in [0.15, 0.2) is 0 Å². The Bertz CT molecular complexity index is 991. The van der Waals surface area contributed by atoms with Crippen LogP contribution < -0.4 is 5.73 Å². The van der Waals surface area contributed by atoms with Crippen LogP contribution >= 0.6 is 0 Å². The number of nitro groups is 1. The molecule has 0 aromatic heterocycles. The van der Waals surface area contributed by atoms with Crippen LogP contribution in [0.4, 0.5) is 11.4 Å². The second-order valence-corrected chi connectivity index (χ2v) is 5.61. The van der Waals surface area contributed by atoms with Gasteiger partial charge in [0, 0.05) is 5.56 Å². The van der Waals surface area contributed by atoms with E-state index in [0.717, 1.165) is 5.56 Å². The van der Waals surface area contributed by atoms with E-state index in [-0.39, 0.29) is 16.9 Å². The Kier molecular flexibility index (Phi) is 4.19. The molecule has 0 heterocycles. The summed E-state index contributed by atoms with van der Waals surface area (Å²) in [6, 6.07) is 20.4. The Labute approximate surface area is 145 Å². The van der Waals surface area contributed by atoms with Crippen molar-refractivity contribution < 1.29 is 4.92 Å². The maximum atomic E-state index is 11.7. The van der Waals surface area contributed by atoms with Crippen molar-refractivity contribution >= 4 is 11.4 Å². The Balaban J connectivity index is 2.49. The number of nitriles is 1. The zero-order valence-corrected chi connectivity index (χ0v) is 13.6. The first-order valence-electron chi connectivity index (χ1n) is 7.67. The summed E-state index contributed by atoms with van der Waals surface area (Å²) < 4.78 is 0. The number of anilines is 1. The highest BCUT2D eigenvalue weighted by atomic mass is 16.6. The quantitative estimate of drug-likeness (QED) is 0.428. The van der Waals surface area contributed by atoms with Crippen LogP contribution in [0.25, 0.3) is 22.3 Å². The van der Waals surface area contributed by atoms with Crippen LogP contribution in [0.5, 0.6) is 0 Å². The van der Waals surface area contributed by atoms with Crippen molar-refractivity contribution in [2.75, 3.05) is 5.73 Å². The highest BCUT2D eigenvalue weighted by Crippen LogP contribution is 2.45. The third-order valence-electron chi connectivity index (χ3n) is 4.18. The number of nitrogens with two attached hydrogens (primary N) is 1. The van der Waals surface area contributed by atoms with E-state index in [1.54, 1.807) is 19.1 Å². The molecule has 0 aliphatic rings. The lowest BCUT2D eigenvalue weighted by molar-refractivity contribution is -0.383. The van der Waals surface area contributed by atoms with Crippen LogP contribution in [0.3, 0.4) is 0 Å². The monoisotopic (exact) mass is 329 g/mol. The van der Waals surface area contributed by atoms with Crippen molar-refractivity contribution in [3.63, 3.8) is 0 Å². The normalized spacial score (nSPS) is 10.2. The standard InChI is InChI=1S/C20H15N3O2/c1-13-17(14-8-4-2-5-9-14)16(12-21)19(22)20(23(24)25)18(13)15-10-6-3-7-11-15/h2-11H,22H2,1H3. The molecular weight excluding hydrogens is 314 g/mol. The molecule has 0 saturated carbocycles. The Morgan fingerprint density at radius 2 is 1.44 bits per heavy atom. The molecule has 25 heavy (non-hydrogen) atoms. The summed E-state index contributed by atoms with van der Waals surface area (Å²) in [4.78, 5) is 11.2. The van der Waals surface area contributed by atoms with Crippen molar-refractivity contribution in [1.82, 2.24) is 0 Å². The van der Waals surface area contributed by atoms with Crippen LogP contribution in [0, 0.1) is 28.4 Å². The van der Waals surface area contributed by atoms with Gasteiger partial charge in [-0.1, -0.05) is 60.7 Å². The van der Waals surface area contributed by atoms with Crippen molar-refractivity contribution in [3.05, 3.63) is 81.9 Å². The van der Waals surface area contributed by atoms with Crippen molar-refractivity contribution in [2.24, 2.45) is 0 Å². The molecule has 3 rings (SSSR count). The minimum absolute atomic E-state index is 0.101. The molecule has 5 heteroatoms. The van der Waals surface area contributed by atoms with E-state index < -0.39 is 4.92 Å². The summed E-state index contributed by atoms with van der Waals surface area (Å²) in [6.07, 6.45) is 0. The third-order valence-corrected chi connectivity index (χ3v) is 4.18. The zero-order chi connectivity index (χ0) is 18.0. The molecule has 0 radical (unpaired) electrons. The maximum absolute atomic E-state index is 11.7. The first-order valence-corrected chi connectivity index (χ1v) is 7.67. The molecule has 0 saturated heterocycles. The van der Waals surface area contributed by atoms with E-state index in [9.17, 15) is 15.4 Å². The van der Waals surface area contributed by atoms with Gasteiger partial charge < -0.3 is 5.73 Å². The molecule has 0 aliphatic heterocycles. The van der Waals surface area contributed by atoms with Gasteiger partial charge in [0.25, 0.3) is 0 Å². The Morgan fingerprint density at radius 3 is 1.88 bits per heavy atom. The lowest BCUT2D eigenvalue weighted by atomic mass is 9.86. The fraction of sp³-hybridized carbons (Fsp3) is 0.0500. The molecule has 3 aromatic rings. The first kappa shape index (κ1) is 16.2. The molecule has 3 aromatic carbocycles. The highest BCUT2D eigenvalue weighted by Gasteiger charge is 2.29. The Hall–Kier alpha value is -3.65. The lowest BCUT2D eigenvalue weighted by Crippen LogP contribution is -2.05. The van der Waals surface area contributed by atoms with E-state index in [1.165, 1.54) is 0 Å². The SMILES string of the molecule is Cc1c(-c2ccccc2)c(C#N)c(N)c([N+](=O)[O-])c1-c1ccccc1. The zero-order valence-electron chi connectivity index (χ0n) is 13.6. The second kappa shape index (κ2) is 6.46. The lowest BCUT2D eigenvalue weighted by Gasteiger charge is -2.16. The molecule has 0 amide bonds. The molecular formula is C20H15N3O2. The van der Waals surface area contributed by atoms with E-state index >= 15 is 0 Å². The van der Waals surface area contributed by atoms with Crippen LogP contribution in [-0.2, 0) is 0 Å². The van der Waals surface area contributed by atoms with Crippen LogP contribution in [0.1, 0.15) is 11.1 Å². The van der Waals surface area contributed by atoms with E-state index in [1.807, 2.05) is 54.6 Å². The van der Waals surface area contributed by atoms with Crippen molar-refractivity contribution in [1.29, 1.82) is 5.26 Å². The van der Waals surface area contributed by atoms with E-state index in [2.05, 4.69) is 0 Å². The smallest absolute Gasteiger partial charge is 0.301 e. The molecule has 0 unspecified atom stereocenters. The van der Waals surface area contributed by atoms with Gasteiger partial charge in [0.1, 0.15) is 11.8 Å². The number of nitrogens with zero attached hydrogens (tertiary/aromatic N) is 2. The molecule has 0 aliphatic carbocycles. The number of rotatable bonds is 3. The van der Waals surface area contributed by atoms with E-state index in [4.69, 9.17) is 5.73 Å². The van der Waals surface area contributed by atoms with Crippen LogP contribution in [-0.4, -0.2) is 4.92 Å². The number of hydrogen-bond acceptors (Lipinski definition) is 4. The van der Waals surface area contributed by atoms with Gasteiger partial charge in [-0.15, -0.1) is 0 Å². The predicted molar refractivity (Wildman–Crippen MR) is 97.8 cm³/mol. The van der Waals surface area contributed by atoms with Crippen molar-refractivity contribution in [2.45, 2.75) is 6.92 Å². The van der Waals surface area contributed by atoms with Gasteiger partial charge in [-0.2, -0.15) is 5.26 Å². The van der Waals surface area contributed by atoms with Gasteiger partial charge in [0.05, 0.1) is 16.1 Å². The molecule has 0 spiro atoms. The molecule has 0 bridgehead atoms. The topological polar surface area (TPSA) is 93.0 Å². The minimum atomic E-state index is -0.514. The van der Waals surface area contributed by atoms with Gasteiger partial charge in [-0.3, -0.25) is 10.1 Å². The number of nitro benzene ring substituents is 1. The molecule has 5 nitrogen and oxygen atoms in total. The fourth-order valence-corrected chi connectivity index (χ4v) is 3.11. The molecule has 0 atom stereocenters. The molecule has 2 N–H and O–H groups in total. The fourth-order valence-electron chi connectivity index (χ4n) is 3.11. The van der Waals surface area contributed by atoms with Crippen LogP contribution in [0.2, 0.25) is 0 Å². The summed E-state index contributed by atoms with van der Waals surface area (Å²) in [5, 5.41) is 21.3. The minimum Gasteiger partial charge on any atom is -0.392 e. The molecule has 122 valence electrons. The summed E-state index contributed by atoms with van der Waals surface area (Å²) in [6.45, 7) is 1.79. The summed E-state index contributed by atoms with van der Waals surface area (Å²) in [5.74, 6) is 0. The number of nitrogen functional groups attached to an aromatic ring is 1. The van der Waals surface area contributed by atoms with Gasteiger partial charge >= 0.3 is 5.69 Å². The Morgan fingerprint density at radius 1 is 0.960 bits per heavy atom. The van der Waals surface area contributed by atoms with Gasteiger partial charge in [-0.05, 0) is 23.6 Å². The molecule has 0 fully saturated rings. The third kappa shape index (κ3) is 2.70. The predicted octanol–water partition coefficient (Wildman–Crippen LogP) is 4.69. The van der Waals surface area contributed by atoms with Gasteiger partial charge in [0.2, 0.25) is 0 Å². The largest absolute Gasteiger partial charge is 0.392 e. The average Bonchev–Trinajstić information content (AvgIpc) is 2.63. The summed E-state index contributed by atoms with van der Waals surface area (Å²) in [5.41, 5.74) is 9.12. The summed E-state index contributed by atoms with van der Waals surface area (Å²) >= 11 is 0. The average molecular weight is 329 g/mol. The first-order chi connectivity index (χ1) is 12.1. The second-order valence-electron chi connectivity index (χ2n) is 5.61. The maximum Gasteiger partial charge on any atom is 0.301 e.